The number of nitro benzene ring substituents is 1. The second kappa shape index (κ2) is 6.69. The Kier molecular flexibility index (Phi) is 4.70. The molecule has 0 fully saturated rings. The molecule has 0 aliphatic carbocycles. The first kappa shape index (κ1) is 16.2. The number of carboxylic acids is 1. The molecule has 23 heavy (non-hydrogen) atoms. The van der Waals surface area contributed by atoms with Crippen LogP contribution in [0.3, 0.4) is 0 Å². The molecule has 0 aliphatic rings. The molecule has 0 amide bonds. The summed E-state index contributed by atoms with van der Waals surface area (Å²) in [5.74, 6) is -2.10. The van der Waals surface area contributed by atoms with Crippen LogP contribution in [0.5, 0.6) is 5.75 Å². The average molecular weight is 315 g/mol. The molecule has 2 aromatic carbocycles. The molecule has 2 rings (SSSR count). The second-order valence-electron chi connectivity index (χ2n) is 4.76. The number of ketones is 1. The van der Waals surface area contributed by atoms with E-state index in [0.717, 1.165) is 24.6 Å². The molecule has 0 atom stereocenters. The summed E-state index contributed by atoms with van der Waals surface area (Å²) in [5.41, 5.74) is -0.646. The van der Waals surface area contributed by atoms with Gasteiger partial charge in [-0.15, -0.1) is 0 Å². The maximum absolute atomic E-state index is 11.6. The summed E-state index contributed by atoms with van der Waals surface area (Å²) in [6.07, 6.45) is 0. The highest BCUT2D eigenvalue weighted by molar-refractivity contribution is 6.08. The maximum Gasteiger partial charge on any atom is 0.336 e. The number of carboxylic acid groups (broad SMARTS) is 1. The smallest absolute Gasteiger partial charge is 0.336 e. The van der Waals surface area contributed by atoms with Crippen molar-refractivity contribution in [2.24, 2.45) is 0 Å². The number of hydrogen-bond donors (Lipinski definition) is 1. The van der Waals surface area contributed by atoms with Crippen molar-refractivity contribution in [3.63, 3.8) is 0 Å². The van der Waals surface area contributed by atoms with Crippen molar-refractivity contribution < 1.29 is 24.4 Å². The van der Waals surface area contributed by atoms with Gasteiger partial charge in [-0.3, -0.25) is 14.9 Å². The third-order valence-electron chi connectivity index (χ3n) is 3.12. The standard InChI is InChI=1S/C16H13NO6/c1-10(18)15-13(16(19)20)7-12(8-14(15)17(21)22)23-9-11-5-3-2-4-6-11/h2-8H,9H2,1H3,(H,19,20). The average Bonchev–Trinajstić information content (AvgIpc) is 2.52. The van der Waals surface area contributed by atoms with E-state index in [1.807, 2.05) is 18.2 Å². The maximum atomic E-state index is 11.6. The molecule has 0 aromatic heterocycles. The van der Waals surface area contributed by atoms with Crippen LogP contribution in [0, 0.1) is 10.1 Å². The summed E-state index contributed by atoms with van der Waals surface area (Å²) in [5, 5.41) is 20.3. The monoisotopic (exact) mass is 315 g/mol. The number of carbonyl (C=O) groups excluding carboxylic acids is 1. The van der Waals surface area contributed by atoms with Gasteiger partial charge in [0, 0.05) is 0 Å². The number of nitrogens with zero attached hydrogens (tertiary/aromatic N) is 1. The largest absolute Gasteiger partial charge is 0.489 e. The van der Waals surface area contributed by atoms with Gasteiger partial charge >= 0.3 is 5.97 Å². The Labute approximate surface area is 131 Å². The number of ether oxygens (including phenoxy) is 1. The Bertz CT molecular complexity index is 734. The van der Waals surface area contributed by atoms with Crippen LogP contribution in [0.25, 0.3) is 0 Å². The van der Waals surface area contributed by atoms with Gasteiger partial charge in [-0.1, -0.05) is 30.3 Å². The van der Waals surface area contributed by atoms with Gasteiger partial charge in [0.2, 0.25) is 0 Å². The normalized spacial score (nSPS) is 10.1. The van der Waals surface area contributed by atoms with E-state index in [-0.39, 0.29) is 12.4 Å². The number of benzene rings is 2. The highest BCUT2D eigenvalue weighted by Gasteiger charge is 2.27. The van der Waals surface area contributed by atoms with Crippen LogP contribution in [0.15, 0.2) is 42.5 Å². The SMILES string of the molecule is CC(=O)c1c(C(=O)O)cc(OCc2ccccc2)cc1[N+](=O)[O-]. The quantitative estimate of drug-likeness (QED) is 0.498. The molecule has 0 saturated carbocycles. The van der Waals surface area contributed by atoms with Crippen molar-refractivity contribution in [1.29, 1.82) is 0 Å². The minimum absolute atomic E-state index is 0.0166. The van der Waals surface area contributed by atoms with Crippen LogP contribution in [0.4, 0.5) is 5.69 Å². The molecule has 0 unspecified atom stereocenters. The van der Waals surface area contributed by atoms with E-state index < -0.39 is 33.5 Å². The number of carbonyl (C=O) groups is 2. The van der Waals surface area contributed by atoms with Gasteiger partial charge in [0.25, 0.3) is 5.69 Å². The van der Waals surface area contributed by atoms with Gasteiger partial charge in [0.1, 0.15) is 17.9 Å². The van der Waals surface area contributed by atoms with Crippen LogP contribution in [0.1, 0.15) is 33.2 Å². The first-order chi connectivity index (χ1) is 10.9. The summed E-state index contributed by atoms with van der Waals surface area (Å²) in [6, 6.07) is 11.2. The minimum atomic E-state index is -1.43. The van der Waals surface area contributed by atoms with E-state index in [9.17, 15) is 24.8 Å². The van der Waals surface area contributed by atoms with Crippen LogP contribution in [0.2, 0.25) is 0 Å². The predicted molar refractivity (Wildman–Crippen MR) is 80.8 cm³/mol. The molecule has 0 spiro atoms. The summed E-state index contributed by atoms with van der Waals surface area (Å²) < 4.78 is 5.43. The van der Waals surface area contributed by atoms with Gasteiger partial charge in [-0.2, -0.15) is 0 Å². The Morgan fingerprint density at radius 2 is 1.87 bits per heavy atom. The summed E-state index contributed by atoms with van der Waals surface area (Å²) >= 11 is 0. The number of Topliss-reactive ketones (excluding diaryl/α,β-unsaturated/α-hetero) is 1. The van der Waals surface area contributed by atoms with Crippen molar-refractivity contribution in [2.75, 3.05) is 0 Å². The first-order valence-electron chi connectivity index (χ1n) is 6.63. The first-order valence-corrected chi connectivity index (χ1v) is 6.63. The zero-order chi connectivity index (χ0) is 17.0. The van der Waals surface area contributed by atoms with Crippen molar-refractivity contribution in [1.82, 2.24) is 0 Å². The molecular formula is C16H13NO6. The topological polar surface area (TPSA) is 107 Å². The van der Waals surface area contributed by atoms with Crippen LogP contribution in [-0.4, -0.2) is 21.8 Å². The Morgan fingerprint density at radius 1 is 1.22 bits per heavy atom. The van der Waals surface area contributed by atoms with E-state index in [1.165, 1.54) is 0 Å². The van der Waals surface area contributed by atoms with E-state index in [4.69, 9.17) is 4.74 Å². The lowest BCUT2D eigenvalue weighted by Gasteiger charge is -2.10. The molecule has 2 aromatic rings. The van der Waals surface area contributed by atoms with Crippen molar-refractivity contribution >= 4 is 17.4 Å². The highest BCUT2D eigenvalue weighted by atomic mass is 16.6. The van der Waals surface area contributed by atoms with Crippen molar-refractivity contribution in [2.45, 2.75) is 13.5 Å². The highest BCUT2D eigenvalue weighted by Crippen LogP contribution is 2.30. The third kappa shape index (κ3) is 3.70. The molecule has 0 bridgehead atoms. The molecule has 7 nitrogen and oxygen atoms in total. The number of hydrogen-bond acceptors (Lipinski definition) is 5. The zero-order valence-corrected chi connectivity index (χ0v) is 12.2. The summed E-state index contributed by atoms with van der Waals surface area (Å²) in [4.78, 5) is 33.2. The van der Waals surface area contributed by atoms with Crippen LogP contribution in [-0.2, 0) is 6.61 Å². The van der Waals surface area contributed by atoms with E-state index in [2.05, 4.69) is 0 Å². The molecule has 0 heterocycles. The lowest BCUT2D eigenvalue weighted by molar-refractivity contribution is -0.385. The molecule has 0 aliphatic heterocycles. The molecular weight excluding hydrogens is 302 g/mol. The van der Waals surface area contributed by atoms with Crippen molar-refractivity contribution in [3.8, 4) is 5.75 Å². The van der Waals surface area contributed by atoms with Gasteiger partial charge in [0.15, 0.2) is 5.78 Å². The van der Waals surface area contributed by atoms with E-state index in [0.29, 0.717) is 0 Å². The molecule has 1 N–H and O–H groups in total. The fourth-order valence-corrected chi connectivity index (χ4v) is 2.11. The van der Waals surface area contributed by atoms with Gasteiger partial charge < -0.3 is 9.84 Å². The second-order valence-corrected chi connectivity index (χ2v) is 4.76. The number of aromatic carboxylic acids is 1. The van der Waals surface area contributed by atoms with Crippen LogP contribution >= 0.6 is 0 Å². The number of nitro groups is 1. The Hall–Kier alpha value is -3.22. The van der Waals surface area contributed by atoms with Gasteiger partial charge in [-0.05, 0) is 18.6 Å². The minimum Gasteiger partial charge on any atom is -0.489 e. The Balaban J connectivity index is 2.43. The van der Waals surface area contributed by atoms with E-state index >= 15 is 0 Å². The zero-order valence-electron chi connectivity index (χ0n) is 12.2. The molecule has 118 valence electrons. The lowest BCUT2D eigenvalue weighted by atomic mass is 10.0. The fraction of sp³-hybridized carbons (Fsp3) is 0.125. The molecule has 0 saturated heterocycles. The van der Waals surface area contributed by atoms with Crippen molar-refractivity contribution in [3.05, 3.63) is 69.3 Å². The Morgan fingerprint density at radius 3 is 2.39 bits per heavy atom. The summed E-state index contributed by atoms with van der Waals surface area (Å²) in [7, 11) is 0. The molecule has 7 heteroatoms. The van der Waals surface area contributed by atoms with Gasteiger partial charge in [0.05, 0.1) is 16.6 Å². The van der Waals surface area contributed by atoms with E-state index in [1.54, 1.807) is 12.1 Å². The third-order valence-corrected chi connectivity index (χ3v) is 3.12. The predicted octanol–water partition coefficient (Wildman–Crippen LogP) is 3.07. The lowest BCUT2D eigenvalue weighted by Crippen LogP contribution is -2.10. The fourth-order valence-electron chi connectivity index (χ4n) is 2.11. The molecule has 0 radical (unpaired) electrons. The summed E-state index contributed by atoms with van der Waals surface area (Å²) in [6.45, 7) is 1.20. The van der Waals surface area contributed by atoms with Crippen LogP contribution < -0.4 is 4.74 Å². The van der Waals surface area contributed by atoms with Gasteiger partial charge in [-0.25, -0.2) is 4.79 Å². The number of rotatable bonds is 6.